The molecule has 3 aromatic carbocycles. The average Bonchev–Trinajstić information content (AvgIpc) is 2.82. The second-order valence-electron chi connectivity index (χ2n) is 8.61. The molecule has 0 saturated carbocycles. The van der Waals surface area contributed by atoms with Gasteiger partial charge in [0.25, 0.3) is 0 Å². The van der Waals surface area contributed by atoms with Gasteiger partial charge in [-0.15, -0.1) is 0 Å². The Morgan fingerprint density at radius 3 is 2.12 bits per heavy atom. The fourth-order valence-electron chi connectivity index (χ4n) is 4.25. The predicted molar refractivity (Wildman–Crippen MR) is 139 cm³/mol. The first-order chi connectivity index (χ1) is 16.0. The summed E-state index contributed by atoms with van der Waals surface area (Å²) in [5.41, 5.74) is 4.02. The Morgan fingerprint density at radius 2 is 1.48 bits per heavy atom. The quantitative estimate of drug-likeness (QED) is 0.492. The third-order valence-corrected chi connectivity index (χ3v) is 6.24. The van der Waals surface area contributed by atoms with Crippen molar-refractivity contribution in [3.63, 3.8) is 0 Å². The molecule has 0 spiro atoms. The van der Waals surface area contributed by atoms with E-state index in [4.69, 9.17) is 11.6 Å². The molecule has 1 amide bonds. The van der Waals surface area contributed by atoms with Crippen LogP contribution in [-0.2, 0) is 4.79 Å². The average molecular weight is 463 g/mol. The lowest BCUT2D eigenvalue weighted by Gasteiger charge is -2.37. The van der Waals surface area contributed by atoms with Gasteiger partial charge in [0, 0.05) is 49.3 Å². The van der Waals surface area contributed by atoms with Crippen molar-refractivity contribution in [2.45, 2.75) is 19.9 Å². The summed E-state index contributed by atoms with van der Waals surface area (Å²) in [6.07, 6.45) is 0. The largest absolute Gasteiger partial charge is 0.368 e. The van der Waals surface area contributed by atoms with Crippen molar-refractivity contribution in [2.24, 2.45) is 0 Å². The van der Waals surface area contributed by atoms with E-state index in [1.165, 1.54) is 0 Å². The Morgan fingerprint density at radius 1 is 0.879 bits per heavy atom. The number of amides is 1. The summed E-state index contributed by atoms with van der Waals surface area (Å²) in [5, 5.41) is 4.17. The summed E-state index contributed by atoms with van der Waals surface area (Å²) in [5.74, 6) is 0.125. The molecule has 1 aliphatic rings. The molecule has 0 aliphatic carbocycles. The van der Waals surface area contributed by atoms with Crippen molar-refractivity contribution in [3.05, 3.63) is 83.9 Å². The number of hydrogen-bond acceptors (Lipinski definition) is 4. The molecule has 1 aliphatic heterocycles. The molecule has 1 heterocycles. The Hall–Kier alpha value is -3.02. The molecule has 0 unspecified atom stereocenters. The van der Waals surface area contributed by atoms with Crippen molar-refractivity contribution in [1.29, 1.82) is 0 Å². The summed E-state index contributed by atoms with van der Waals surface area (Å²) in [6, 6.07) is 26.2. The predicted octanol–water partition coefficient (Wildman–Crippen LogP) is 5.65. The molecule has 1 fully saturated rings. The molecule has 0 radical (unpaired) electrons. The maximum Gasteiger partial charge on any atom is 0.241 e. The molecule has 1 saturated heterocycles. The Bertz CT molecular complexity index is 1050. The molecule has 0 atom stereocenters. The number of halogens is 1. The first kappa shape index (κ1) is 23.1. The fourth-order valence-corrected chi connectivity index (χ4v) is 4.50. The SMILES string of the molecule is CC(C)N(C(=O)CN1CCN(c2ccccc2Cl)CC1)c1ccc(Nc2ccccc2)cc1. The van der Waals surface area contributed by atoms with Gasteiger partial charge in [-0.05, 0) is 62.4 Å². The lowest BCUT2D eigenvalue weighted by atomic mass is 10.2. The van der Waals surface area contributed by atoms with Gasteiger partial charge in [0.15, 0.2) is 0 Å². The van der Waals surface area contributed by atoms with Gasteiger partial charge >= 0.3 is 0 Å². The summed E-state index contributed by atoms with van der Waals surface area (Å²) in [7, 11) is 0. The molecule has 3 aromatic rings. The zero-order valence-electron chi connectivity index (χ0n) is 19.2. The van der Waals surface area contributed by atoms with Crippen molar-refractivity contribution >= 4 is 40.3 Å². The number of carbonyl (C=O) groups is 1. The second-order valence-corrected chi connectivity index (χ2v) is 9.02. The highest BCUT2D eigenvalue weighted by Crippen LogP contribution is 2.26. The van der Waals surface area contributed by atoms with Crippen LogP contribution in [0.25, 0.3) is 0 Å². The van der Waals surface area contributed by atoms with Crippen LogP contribution in [-0.4, -0.2) is 49.6 Å². The van der Waals surface area contributed by atoms with E-state index in [2.05, 4.69) is 35.0 Å². The number of para-hydroxylation sites is 2. The molecule has 33 heavy (non-hydrogen) atoms. The fraction of sp³-hybridized carbons (Fsp3) is 0.296. The molecule has 1 N–H and O–H groups in total. The number of anilines is 4. The second kappa shape index (κ2) is 10.7. The molecular weight excluding hydrogens is 432 g/mol. The van der Waals surface area contributed by atoms with Crippen molar-refractivity contribution in [3.8, 4) is 0 Å². The van der Waals surface area contributed by atoms with Crippen LogP contribution in [0.15, 0.2) is 78.9 Å². The van der Waals surface area contributed by atoms with E-state index < -0.39 is 0 Å². The highest BCUT2D eigenvalue weighted by molar-refractivity contribution is 6.33. The number of benzene rings is 3. The number of piperazine rings is 1. The Kier molecular flexibility index (Phi) is 7.53. The molecule has 0 aromatic heterocycles. The van der Waals surface area contributed by atoms with Gasteiger partial charge in [-0.2, -0.15) is 0 Å². The van der Waals surface area contributed by atoms with E-state index in [0.717, 1.165) is 54.0 Å². The monoisotopic (exact) mass is 462 g/mol. The number of hydrogen-bond donors (Lipinski definition) is 1. The molecule has 172 valence electrons. The van der Waals surface area contributed by atoms with Crippen LogP contribution in [0.4, 0.5) is 22.7 Å². The molecule has 6 heteroatoms. The molecule has 5 nitrogen and oxygen atoms in total. The minimum atomic E-state index is 0.0786. The van der Waals surface area contributed by atoms with E-state index in [0.29, 0.717) is 6.54 Å². The van der Waals surface area contributed by atoms with Crippen LogP contribution < -0.4 is 15.1 Å². The number of rotatable bonds is 7. The van der Waals surface area contributed by atoms with Gasteiger partial charge < -0.3 is 15.1 Å². The molecular formula is C27H31ClN4O. The van der Waals surface area contributed by atoms with Gasteiger partial charge in [0.2, 0.25) is 5.91 Å². The minimum Gasteiger partial charge on any atom is -0.368 e. The summed E-state index contributed by atoms with van der Waals surface area (Å²) < 4.78 is 0. The summed E-state index contributed by atoms with van der Waals surface area (Å²) >= 11 is 6.36. The number of nitrogens with zero attached hydrogens (tertiary/aromatic N) is 3. The van der Waals surface area contributed by atoms with Crippen LogP contribution in [0.1, 0.15) is 13.8 Å². The van der Waals surface area contributed by atoms with Crippen LogP contribution in [0.3, 0.4) is 0 Å². The molecule has 0 bridgehead atoms. The Labute approximate surface area is 201 Å². The van der Waals surface area contributed by atoms with Crippen molar-refractivity contribution in [2.75, 3.05) is 47.8 Å². The maximum atomic E-state index is 13.3. The van der Waals surface area contributed by atoms with E-state index in [-0.39, 0.29) is 11.9 Å². The van der Waals surface area contributed by atoms with Crippen LogP contribution in [0.5, 0.6) is 0 Å². The van der Waals surface area contributed by atoms with Crippen LogP contribution in [0.2, 0.25) is 5.02 Å². The van der Waals surface area contributed by atoms with Gasteiger partial charge in [0.1, 0.15) is 0 Å². The first-order valence-corrected chi connectivity index (χ1v) is 11.8. The minimum absolute atomic E-state index is 0.0786. The summed E-state index contributed by atoms with van der Waals surface area (Å²) in [6.45, 7) is 7.92. The van der Waals surface area contributed by atoms with Crippen molar-refractivity contribution in [1.82, 2.24) is 4.90 Å². The Balaban J connectivity index is 1.36. The zero-order valence-corrected chi connectivity index (χ0v) is 20.0. The standard InChI is InChI=1S/C27H31ClN4O/c1-21(2)32(24-14-12-23(13-15-24)29-22-8-4-3-5-9-22)27(33)20-30-16-18-31(19-17-30)26-11-7-6-10-25(26)28/h3-15,21,29H,16-20H2,1-2H3. The van der Waals surface area contributed by atoms with E-state index in [9.17, 15) is 4.79 Å². The highest BCUT2D eigenvalue weighted by atomic mass is 35.5. The van der Waals surface area contributed by atoms with Gasteiger partial charge in [0.05, 0.1) is 17.3 Å². The molecule has 4 rings (SSSR count). The highest BCUT2D eigenvalue weighted by Gasteiger charge is 2.25. The van der Waals surface area contributed by atoms with Crippen LogP contribution in [0, 0.1) is 0 Å². The lowest BCUT2D eigenvalue weighted by molar-refractivity contribution is -0.120. The van der Waals surface area contributed by atoms with E-state index in [1.54, 1.807) is 0 Å². The van der Waals surface area contributed by atoms with Gasteiger partial charge in [-0.1, -0.05) is 41.9 Å². The maximum absolute atomic E-state index is 13.3. The van der Waals surface area contributed by atoms with Crippen molar-refractivity contribution < 1.29 is 4.79 Å². The normalized spacial score (nSPS) is 14.4. The third-order valence-electron chi connectivity index (χ3n) is 5.92. The zero-order chi connectivity index (χ0) is 23.2. The lowest BCUT2D eigenvalue weighted by Crippen LogP contribution is -2.51. The first-order valence-electron chi connectivity index (χ1n) is 11.5. The topological polar surface area (TPSA) is 38.8 Å². The van der Waals surface area contributed by atoms with Gasteiger partial charge in [-0.25, -0.2) is 0 Å². The van der Waals surface area contributed by atoms with E-state index in [1.807, 2.05) is 77.7 Å². The summed E-state index contributed by atoms with van der Waals surface area (Å²) in [4.78, 5) is 19.7. The van der Waals surface area contributed by atoms with E-state index >= 15 is 0 Å². The van der Waals surface area contributed by atoms with Crippen LogP contribution >= 0.6 is 11.6 Å². The van der Waals surface area contributed by atoms with Gasteiger partial charge in [-0.3, -0.25) is 9.69 Å². The number of nitrogens with one attached hydrogen (secondary N) is 1. The number of carbonyl (C=O) groups excluding carboxylic acids is 1. The third kappa shape index (κ3) is 5.86. The smallest absolute Gasteiger partial charge is 0.241 e.